The highest BCUT2D eigenvalue weighted by molar-refractivity contribution is 5.92. The first kappa shape index (κ1) is 17.5. The topological polar surface area (TPSA) is 35.6 Å². The molecule has 1 N–H and O–H groups in total. The van der Waals surface area contributed by atoms with Crippen molar-refractivity contribution in [2.75, 3.05) is 42.9 Å². The zero-order chi connectivity index (χ0) is 17.8. The highest BCUT2D eigenvalue weighted by atomic mass is 16.2. The Morgan fingerprint density at radius 2 is 1.60 bits per heavy atom. The van der Waals surface area contributed by atoms with Crippen molar-refractivity contribution in [1.29, 1.82) is 0 Å². The lowest BCUT2D eigenvalue weighted by Gasteiger charge is -2.35. The number of hydrogen-bond donors (Lipinski definition) is 1. The molecule has 0 atom stereocenters. The Morgan fingerprint density at radius 1 is 0.920 bits per heavy atom. The molecule has 4 heteroatoms. The van der Waals surface area contributed by atoms with Gasteiger partial charge in [0.25, 0.3) is 0 Å². The van der Waals surface area contributed by atoms with Crippen molar-refractivity contribution in [2.24, 2.45) is 0 Å². The number of hydrogen-bond acceptors (Lipinski definition) is 3. The molecule has 0 aromatic heterocycles. The van der Waals surface area contributed by atoms with Crippen molar-refractivity contribution in [3.63, 3.8) is 0 Å². The maximum Gasteiger partial charge on any atom is 0.238 e. The van der Waals surface area contributed by atoms with Gasteiger partial charge in [-0.05, 0) is 61.7 Å². The molecule has 0 aliphatic carbocycles. The van der Waals surface area contributed by atoms with E-state index in [4.69, 9.17) is 0 Å². The molecule has 3 rings (SSSR count). The van der Waals surface area contributed by atoms with E-state index >= 15 is 0 Å². The molecule has 1 fully saturated rings. The summed E-state index contributed by atoms with van der Waals surface area (Å²) in [5.74, 6) is 0.0639. The first-order chi connectivity index (χ1) is 12.0. The molecule has 0 spiro atoms. The summed E-state index contributed by atoms with van der Waals surface area (Å²) in [4.78, 5) is 17.0. The van der Waals surface area contributed by atoms with Crippen LogP contribution in [-0.4, -0.2) is 43.5 Å². The fourth-order valence-electron chi connectivity index (χ4n) is 3.44. The van der Waals surface area contributed by atoms with Crippen LogP contribution in [0.5, 0.6) is 0 Å². The zero-order valence-electron chi connectivity index (χ0n) is 15.4. The summed E-state index contributed by atoms with van der Waals surface area (Å²) in [7, 11) is 0. The van der Waals surface area contributed by atoms with Gasteiger partial charge in [-0.3, -0.25) is 9.69 Å². The van der Waals surface area contributed by atoms with Crippen LogP contribution in [0.15, 0.2) is 42.5 Å². The highest BCUT2D eigenvalue weighted by Crippen LogP contribution is 2.18. The first-order valence-corrected chi connectivity index (χ1v) is 8.92. The Balaban J connectivity index is 1.51. The number of aryl methyl sites for hydroxylation is 3. The number of anilines is 2. The fourth-order valence-corrected chi connectivity index (χ4v) is 3.44. The second kappa shape index (κ2) is 7.70. The molecule has 0 saturated carbocycles. The summed E-state index contributed by atoms with van der Waals surface area (Å²) >= 11 is 0. The Labute approximate surface area is 150 Å². The average Bonchev–Trinajstić information content (AvgIpc) is 2.54. The molecular weight excluding hydrogens is 310 g/mol. The van der Waals surface area contributed by atoms with E-state index < -0.39 is 0 Å². The van der Waals surface area contributed by atoms with Crippen molar-refractivity contribution in [3.8, 4) is 0 Å². The number of carbonyl (C=O) groups is 1. The van der Waals surface area contributed by atoms with Gasteiger partial charge in [-0.15, -0.1) is 0 Å². The van der Waals surface area contributed by atoms with Crippen LogP contribution in [0.2, 0.25) is 0 Å². The van der Waals surface area contributed by atoms with E-state index in [2.05, 4.69) is 52.4 Å². The van der Waals surface area contributed by atoms with E-state index in [-0.39, 0.29) is 5.91 Å². The van der Waals surface area contributed by atoms with Crippen molar-refractivity contribution in [3.05, 3.63) is 59.2 Å². The van der Waals surface area contributed by atoms with Crippen LogP contribution < -0.4 is 10.2 Å². The number of rotatable bonds is 4. The molecule has 0 unspecified atom stereocenters. The fraction of sp³-hybridized carbons (Fsp3) is 0.381. The van der Waals surface area contributed by atoms with Crippen LogP contribution in [0, 0.1) is 20.8 Å². The van der Waals surface area contributed by atoms with Gasteiger partial charge in [0, 0.05) is 37.6 Å². The molecule has 4 nitrogen and oxygen atoms in total. The van der Waals surface area contributed by atoms with Crippen LogP contribution in [0.25, 0.3) is 0 Å². The summed E-state index contributed by atoms with van der Waals surface area (Å²) < 4.78 is 0. The molecule has 1 saturated heterocycles. The van der Waals surface area contributed by atoms with E-state index in [1.807, 2.05) is 26.0 Å². The molecule has 2 aromatic rings. The van der Waals surface area contributed by atoms with E-state index in [0.717, 1.165) is 31.9 Å². The van der Waals surface area contributed by atoms with Crippen LogP contribution in [0.1, 0.15) is 16.7 Å². The monoisotopic (exact) mass is 337 g/mol. The number of benzene rings is 2. The predicted molar refractivity (Wildman–Crippen MR) is 104 cm³/mol. The van der Waals surface area contributed by atoms with Gasteiger partial charge in [0.05, 0.1) is 6.54 Å². The minimum absolute atomic E-state index is 0.0639. The van der Waals surface area contributed by atoms with E-state index in [9.17, 15) is 4.79 Å². The maximum atomic E-state index is 12.3. The summed E-state index contributed by atoms with van der Waals surface area (Å²) in [5, 5.41) is 3.03. The van der Waals surface area contributed by atoms with E-state index in [1.165, 1.54) is 22.4 Å². The van der Waals surface area contributed by atoms with Crippen molar-refractivity contribution < 1.29 is 4.79 Å². The van der Waals surface area contributed by atoms with E-state index in [1.54, 1.807) is 0 Å². The zero-order valence-corrected chi connectivity index (χ0v) is 15.4. The van der Waals surface area contributed by atoms with Gasteiger partial charge in [0.2, 0.25) is 5.91 Å². The quantitative estimate of drug-likeness (QED) is 0.929. The third-order valence-corrected chi connectivity index (χ3v) is 4.61. The summed E-state index contributed by atoms with van der Waals surface area (Å²) in [6, 6.07) is 14.8. The Hall–Kier alpha value is -2.33. The standard InChI is InChI=1S/C21H27N3O/c1-16-5-4-6-20(14-16)24-9-7-23(8-10-24)15-21(25)22-19-12-17(2)11-18(3)13-19/h4-6,11-14H,7-10,15H2,1-3H3,(H,22,25). The average molecular weight is 337 g/mol. The van der Waals surface area contributed by atoms with Crippen molar-refractivity contribution >= 4 is 17.3 Å². The third-order valence-electron chi connectivity index (χ3n) is 4.61. The smallest absolute Gasteiger partial charge is 0.238 e. The molecule has 1 amide bonds. The lowest BCUT2D eigenvalue weighted by molar-refractivity contribution is -0.117. The van der Waals surface area contributed by atoms with Crippen molar-refractivity contribution in [2.45, 2.75) is 20.8 Å². The van der Waals surface area contributed by atoms with Crippen LogP contribution in [0.4, 0.5) is 11.4 Å². The number of nitrogens with one attached hydrogen (secondary N) is 1. The second-order valence-electron chi connectivity index (χ2n) is 7.03. The number of carbonyl (C=O) groups excluding carboxylic acids is 1. The first-order valence-electron chi connectivity index (χ1n) is 8.92. The SMILES string of the molecule is Cc1cc(C)cc(NC(=O)CN2CCN(c3cccc(C)c3)CC2)c1. The second-order valence-corrected chi connectivity index (χ2v) is 7.03. The molecule has 0 bridgehead atoms. The van der Waals surface area contributed by atoms with Crippen LogP contribution in [-0.2, 0) is 4.79 Å². The molecular formula is C21H27N3O. The van der Waals surface area contributed by atoms with Crippen LogP contribution in [0.3, 0.4) is 0 Å². The minimum Gasteiger partial charge on any atom is -0.369 e. The number of nitrogens with zero attached hydrogens (tertiary/aromatic N) is 2. The molecule has 2 aromatic carbocycles. The summed E-state index contributed by atoms with van der Waals surface area (Å²) in [6.07, 6.45) is 0. The summed E-state index contributed by atoms with van der Waals surface area (Å²) in [6.45, 7) is 10.4. The number of piperazine rings is 1. The lowest BCUT2D eigenvalue weighted by atomic mass is 10.1. The Bertz CT molecular complexity index is 728. The maximum absolute atomic E-state index is 12.3. The molecule has 1 heterocycles. The summed E-state index contributed by atoms with van der Waals surface area (Å²) in [5.41, 5.74) is 5.79. The van der Waals surface area contributed by atoms with Gasteiger partial charge in [-0.2, -0.15) is 0 Å². The molecule has 1 aliphatic rings. The number of amides is 1. The normalized spacial score (nSPS) is 15.2. The van der Waals surface area contributed by atoms with Crippen LogP contribution >= 0.6 is 0 Å². The molecule has 1 aliphatic heterocycles. The largest absolute Gasteiger partial charge is 0.369 e. The molecule has 25 heavy (non-hydrogen) atoms. The Morgan fingerprint density at radius 3 is 2.24 bits per heavy atom. The molecule has 0 radical (unpaired) electrons. The van der Waals surface area contributed by atoms with Gasteiger partial charge < -0.3 is 10.2 Å². The highest BCUT2D eigenvalue weighted by Gasteiger charge is 2.19. The van der Waals surface area contributed by atoms with Gasteiger partial charge in [0.1, 0.15) is 0 Å². The minimum atomic E-state index is 0.0639. The predicted octanol–water partition coefficient (Wildman–Crippen LogP) is 3.37. The van der Waals surface area contributed by atoms with Gasteiger partial charge >= 0.3 is 0 Å². The lowest BCUT2D eigenvalue weighted by Crippen LogP contribution is -2.48. The molecule has 132 valence electrons. The van der Waals surface area contributed by atoms with Gasteiger partial charge in [-0.1, -0.05) is 18.2 Å². The van der Waals surface area contributed by atoms with E-state index in [0.29, 0.717) is 6.54 Å². The van der Waals surface area contributed by atoms with Crippen molar-refractivity contribution in [1.82, 2.24) is 4.90 Å². The van der Waals surface area contributed by atoms with Gasteiger partial charge in [-0.25, -0.2) is 0 Å². The van der Waals surface area contributed by atoms with Gasteiger partial charge in [0.15, 0.2) is 0 Å². The Kier molecular flexibility index (Phi) is 5.39. The third kappa shape index (κ3) is 4.83.